The molecule has 7 nitrogen and oxygen atoms in total. The van der Waals surface area contributed by atoms with Gasteiger partial charge in [-0.3, -0.25) is 10.1 Å². The Bertz CT molecular complexity index is 458. The van der Waals surface area contributed by atoms with Crippen LogP contribution in [0.3, 0.4) is 0 Å². The zero-order valence-corrected chi connectivity index (χ0v) is 9.88. The molecule has 2 rings (SSSR count). The lowest BCUT2D eigenvalue weighted by molar-refractivity contribution is -0.385. The van der Waals surface area contributed by atoms with Crippen LogP contribution in [0.25, 0.3) is 0 Å². The molecule has 1 aromatic heterocycles. The zero-order chi connectivity index (χ0) is 12.6. The van der Waals surface area contributed by atoms with Crippen molar-refractivity contribution >= 4 is 17.5 Å². The first-order chi connectivity index (χ1) is 7.99. The van der Waals surface area contributed by atoms with E-state index in [1.54, 1.807) is 18.9 Å². The molecule has 0 spiro atoms. The Morgan fingerprint density at radius 3 is 2.71 bits per heavy atom. The SMILES string of the molecule is Cc1nc(N)nc(N(C)CC2CC2)c1[N+](=O)[O-]. The summed E-state index contributed by atoms with van der Waals surface area (Å²) in [5.41, 5.74) is 5.79. The maximum atomic E-state index is 11.0. The lowest BCUT2D eigenvalue weighted by atomic mass is 10.3. The smallest absolute Gasteiger partial charge is 0.332 e. The monoisotopic (exact) mass is 237 g/mol. The molecule has 0 amide bonds. The zero-order valence-electron chi connectivity index (χ0n) is 9.88. The molecule has 92 valence electrons. The van der Waals surface area contributed by atoms with Gasteiger partial charge in [-0.1, -0.05) is 0 Å². The molecule has 0 aromatic carbocycles. The summed E-state index contributed by atoms with van der Waals surface area (Å²) in [6.45, 7) is 2.35. The average molecular weight is 237 g/mol. The van der Waals surface area contributed by atoms with Crippen molar-refractivity contribution in [1.29, 1.82) is 0 Å². The van der Waals surface area contributed by atoms with Crippen molar-refractivity contribution in [2.45, 2.75) is 19.8 Å². The van der Waals surface area contributed by atoms with E-state index in [0.717, 1.165) is 6.54 Å². The van der Waals surface area contributed by atoms with Crippen molar-refractivity contribution in [2.24, 2.45) is 5.92 Å². The minimum absolute atomic E-state index is 0.0534. The number of hydrogen-bond donors (Lipinski definition) is 1. The van der Waals surface area contributed by atoms with Crippen LogP contribution in [0.15, 0.2) is 0 Å². The van der Waals surface area contributed by atoms with Crippen molar-refractivity contribution in [1.82, 2.24) is 9.97 Å². The third kappa shape index (κ3) is 2.43. The van der Waals surface area contributed by atoms with Crippen LogP contribution in [0.5, 0.6) is 0 Å². The van der Waals surface area contributed by atoms with Crippen molar-refractivity contribution in [3.8, 4) is 0 Å². The van der Waals surface area contributed by atoms with Crippen molar-refractivity contribution < 1.29 is 4.92 Å². The van der Waals surface area contributed by atoms with E-state index in [-0.39, 0.29) is 11.6 Å². The lowest BCUT2D eigenvalue weighted by Crippen LogP contribution is -2.23. The number of aromatic nitrogens is 2. The fourth-order valence-electron chi connectivity index (χ4n) is 1.83. The van der Waals surface area contributed by atoms with E-state index >= 15 is 0 Å². The third-order valence-electron chi connectivity index (χ3n) is 2.83. The number of hydrogen-bond acceptors (Lipinski definition) is 6. The number of nitrogens with two attached hydrogens (primary N) is 1. The molecule has 7 heteroatoms. The number of nitrogens with zero attached hydrogens (tertiary/aromatic N) is 4. The van der Waals surface area contributed by atoms with Crippen LogP contribution in [-0.2, 0) is 0 Å². The summed E-state index contributed by atoms with van der Waals surface area (Å²) in [6, 6.07) is 0. The van der Waals surface area contributed by atoms with Crippen LogP contribution in [0.1, 0.15) is 18.5 Å². The number of nitrogen functional groups attached to an aromatic ring is 1. The second kappa shape index (κ2) is 4.15. The molecule has 0 saturated heterocycles. The van der Waals surface area contributed by atoms with E-state index in [9.17, 15) is 10.1 Å². The van der Waals surface area contributed by atoms with E-state index in [0.29, 0.717) is 17.4 Å². The Labute approximate surface area is 98.8 Å². The van der Waals surface area contributed by atoms with Gasteiger partial charge in [-0.15, -0.1) is 0 Å². The predicted molar refractivity (Wildman–Crippen MR) is 63.8 cm³/mol. The van der Waals surface area contributed by atoms with Gasteiger partial charge in [0.25, 0.3) is 0 Å². The van der Waals surface area contributed by atoms with Gasteiger partial charge in [0.1, 0.15) is 5.69 Å². The molecule has 1 heterocycles. The summed E-state index contributed by atoms with van der Waals surface area (Å²) in [6.07, 6.45) is 2.36. The van der Waals surface area contributed by atoms with E-state index in [4.69, 9.17) is 5.73 Å². The molecule has 2 N–H and O–H groups in total. The van der Waals surface area contributed by atoms with Gasteiger partial charge < -0.3 is 10.6 Å². The number of nitro groups is 1. The highest BCUT2D eigenvalue weighted by Crippen LogP contribution is 2.34. The van der Waals surface area contributed by atoms with Gasteiger partial charge in [0, 0.05) is 13.6 Å². The lowest BCUT2D eigenvalue weighted by Gasteiger charge is -2.18. The molecule has 1 aliphatic rings. The highest BCUT2D eigenvalue weighted by Gasteiger charge is 2.28. The summed E-state index contributed by atoms with van der Waals surface area (Å²) in [5.74, 6) is 1.01. The molecule has 0 atom stereocenters. The Morgan fingerprint density at radius 1 is 1.53 bits per heavy atom. The normalized spacial score (nSPS) is 14.7. The van der Waals surface area contributed by atoms with E-state index in [1.807, 2.05) is 0 Å². The number of aryl methyl sites for hydroxylation is 1. The molecule has 1 aromatic rings. The average Bonchev–Trinajstić information content (AvgIpc) is 2.99. The third-order valence-corrected chi connectivity index (χ3v) is 2.83. The Morgan fingerprint density at radius 2 is 2.18 bits per heavy atom. The van der Waals surface area contributed by atoms with Crippen LogP contribution in [0.4, 0.5) is 17.5 Å². The fraction of sp³-hybridized carbons (Fsp3) is 0.600. The van der Waals surface area contributed by atoms with Crippen LogP contribution in [0.2, 0.25) is 0 Å². The Kier molecular flexibility index (Phi) is 2.83. The summed E-state index contributed by atoms with van der Waals surface area (Å²) in [4.78, 5) is 20.2. The Balaban J connectivity index is 2.38. The van der Waals surface area contributed by atoms with Gasteiger partial charge in [-0.2, -0.15) is 4.98 Å². The minimum atomic E-state index is -0.451. The quantitative estimate of drug-likeness (QED) is 0.622. The highest BCUT2D eigenvalue weighted by molar-refractivity contribution is 5.61. The summed E-state index contributed by atoms with van der Waals surface area (Å²) in [5, 5.41) is 11.0. The van der Waals surface area contributed by atoms with Gasteiger partial charge in [0.2, 0.25) is 11.8 Å². The van der Waals surface area contributed by atoms with Crippen LogP contribution in [-0.4, -0.2) is 28.5 Å². The molecule has 1 saturated carbocycles. The molecular formula is C10H15N5O2. The second-order valence-electron chi connectivity index (χ2n) is 4.42. The molecule has 1 aliphatic carbocycles. The van der Waals surface area contributed by atoms with E-state index in [2.05, 4.69) is 9.97 Å². The molecule has 0 unspecified atom stereocenters. The largest absolute Gasteiger partial charge is 0.368 e. The Hall–Kier alpha value is -1.92. The molecule has 0 bridgehead atoms. The maximum absolute atomic E-state index is 11.0. The standard InChI is InChI=1S/C10H15N5O2/c1-6-8(15(16)17)9(13-10(11)12-6)14(2)5-7-3-4-7/h7H,3-5H2,1-2H3,(H2,11,12,13). The first kappa shape index (κ1) is 11.6. The minimum Gasteiger partial charge on any atom is -0.368 e. The second-order valence-corrected chi connectivity index (χ2v) is 4.42. The van der Waals surface area contributed by atoms with E-state index < -0.39 is 4.92 Å². The predicted octanol–water partition coefficient (Wildman–Crippen LogP) is 1.12. The molecular weight excluding hydrogens is 222 g/mol. The molecule has 0 aliphatic heterocycles. The van der Waals surface area contributed by atoms with Gasteiger partial charge in [0.05, 0.1) is 4.92 Å². The summed E-state index contributed by atoms with van der Waals surface area (Å²) < 4.78 is 0. The van der Waals surface area contributed by atoms with Crippen molar-refractivity contribution in [3.05, 3.63) is 15.8 Å². The maximum Gasteiger partial charge on any atom is 0.332 e. The van der Waals surface area contributed by atoms with Gasteiger partial charge in [-0.25, -0.2) is 4.98 Å². The molecule has 17 heavy (non-hydrogen) atoms. The number of rotatable bonds is 4. The van der Waals surface area contributed by atoms with Crippen molar-refractivity contribution in [2.75, 3.05) is 24.2 Å². The van der Waals surface area contributed by atoms with Crippen molar-refractivity contribution in [3.63, 3.8) is 0 Å². The topological polar surface area (TPSA) is 98.2 Å². The van der Waals surface area contributed by atoms with Gasteiger partial charge in [0.15, 0.2) is 0 Å². The summed E-state index contributed by atoms with van der Waals surface area (Å²) >= 11 is 0. The van der Waals surface area contributed by atoms with Crippen LogP contribution in [0, 0.1) is 23.0 Å². The summed E-state index contributed by atoms with van der Waals surface area (Å²) in [7, 11) is 1.80. The van der Waals surface area contributed by atoms with Crippen LogP contribution >= 0.6 is 0 Å². The highest BCUT2D eigenvalue weighted by atomic mass is 16.6. The van der Waals surface area contributed by atoms with E-state index in [1.165, 1.54) is 12.8 Å². The fourth-order valence-corrected chi connectivity index (χ4v) is 1.83. The van der Waals surface area contributed by atoms with Crippen LogP contribution < -0.4 is 10.6 Å². The first-order valence-electron chi connectivity index (χ1n) is 5.48. The van der Waals surface area contributed by atoms with Gasteiger partial charge in [-0.05, 0) is 25.7 Å². The number of anilines is 2. The first-order valence-corrected chi connectivity index (χ1v) is 5.48. The van der Waals surface area contributed by atoms with Gasteiger partial charge >= 0.3 is 5.69 Å². The molecule has 0 radical (unpaired) electrons. The molecule has 1 fully saturated rings.